The lowest BCUT2D eigenvalue weighted by molar-refractivity contribution is -0.164. The zero-order valence-corrected chi connectivity index (χ0v) is 16.9. The number of esters is 2. The van der Waals surface area contributed by atoms with Gasteiger partial charge in [0.05, 0.1) is 5.60 Å². The molecule has 5 nitrogen and oxygen atoms in total. The molecule has 27 heavy (non-hydrogen) atoms. The van der Waals surface area contributed by atoms with Crippen LogP contribution in [0.4, 0.5) is 0 Å². The minimum Gasteiger partial charge on any atom is -0.459 e. The first-order valence-electron chi connectivity index (χ1n) is 9.70. The molecule has 0 bridgehead atoms. The van der Waals surface area contributed by atoms with Crippen molar-refractivity contribution < 1.29 is 24.2 Å². The molecule has 2 aliphatic rings. The van der Waals surface area contributed by atoms with E-state index in [1.54, 1.807) is 6.92 Å². The van der Waals surface area contributed by atoms with E-state index in [0.29, 0.717) is 31.3 Å². The van der Waals surface area contributed by atoms with Crippen LogP contribution >= 0.6 is 0 Å². The first kappa shape index (κ1) is 21.4. The summed E-state index contributed by atoms with van der Waals surface area (Å²) in [6.45, 7) is 11.0. The monoisotopic (exact) mass is 376 g/mol. The van der Waals surface area contributed by atoms with Crippen molar-refractivity contribution in [2.45, 2.75) is 84.0 Å². The van der Waals surface area contributed by atoms with Crippen molar-refractivity contribution in [3.8, 4) is 0 Å². The van der Waals surface area contributed by atoms with Crippen LogP contribution in [0.25, 0.3) is 0 Å². The minimum absolute atomic E-state index is 0.281. The van der Waals surface area contributed by atoms with Gasteiger partial charge in [0.2, 0.25) is 0 Å². The van der Waals surface area contributed by atoms with Crippen LogP contribution in [-0.4, -0.2) is 34.9 Å². The number of ether oxygens (including phenoxy) is 2. The Morgan fingerprint density at radius 2 is 1.96 bits per heavy atom. The van der Waals surface area contributed by atoms with Crippen molar-refractivity contribution in [2.24, 2.45) is 5.92 Å². The lowest BCUT2D eigenvalue weighted by atomic mass is 9.81. The molecule has 0 aromatic rings. The van der Waals surface area contributed by atoms with Crippen molar-refractivity contribution in [1.82, 2.24) is 0 Å². The molecule has 1 aliphatic heterocycles. The average molecular weight is 376 g/mol. The number of allylic oxidation sites excluding steroid dienone is 3. The summed E-state index contributed by atoms with van der Waals surface area (Å²) in [4.78, 5) is 23.7. The summed E-state index contributed by atoms with van der Waals surface area (Å²) in [6, 6.07) is 0. The quantitative estimate of drug-likeness (QED) is 0.425. The maximum Gasteiger partial charge on any atom is 0.334 e. The topological polar surface area (TPSA) is 72.8 Å². The molecular weight excluding hydrogens is 344 g/mol. The number of hydrogen-bond donors (Lipinski definition) is 1. The van der Waals surface area contributed by atoms with Gasteiger partial charge in [0.15, 0.2) is 0 Å². The molecule has 0 aromatic carbocycles. The molecule has 1 aliphatic carbocycles. The second-order valence-corrected chi connectivity index (χ2v) is 8.15. The molecule has 1 N–H and O–H groups in total. The average Bonchev–Trinajstić information content (AvgIpc) is 2.80. The van der Waals surface area contributed by atoms with E-state index in [4.69, 9.17) is 9.47 Å². The van der Waals surface area contributed by atoms with Gasteiger partial charge < -0.3 is 14.6 Å². The predicted octanol–water partition coefficient (Wildman–Crippen LogP) is 4.01. The molecule has 2 rings (SSSR count). The van der Waals surface area contributed by atoms with Crippen LogP contribution < -0.4 is 0 Å². The van der Waals surface area contributed by atoms with E-state index >= 15 is 0 Å². The Morgan fingerprint density at radius 1 is 1.30 bits per heavy atom. The molecular formula is C22H32O5. The number of aliphatic hydroxyl groups is 1. The van der Waals surface area contributed by atoms with Gasteiger partial charge in [0, 0.05) is 24.8 Å². The Bertz CT molecular complexity index is 656. The SMILES string of the molecule is C=C1C(=O)O[C@H]2C/C(C)=C/CC/C(C)=C/CC[C@@](C)(O)[C@@H](OC(C)=O)C[C@H]12. The third-order valence-electron chi connectivity index (χ3n) is 5.58. The summed E-state index contributed by atoms with van der Waals surface area (Å²) >= 11 is 0. The summed E-state index contributed by atoms with van der Waals surface area (Å²) in [5, 5.41) is 11.0. The fourth-order valence-corrected chi connectivity index (χ4v) is 3.83. The predicted molar refractivity (Wildman–Crippen MR) is 104 cm³/mol. The van der Waals surface area contributed by atoms with Gasteiger partial charge >= 0.3 is 11.9 Å². The van der Waals surface area contributed by atoms with Crippen LogP contribution in [0.2, 0.25) is 0 Å². The van der Waals surface area contributed by atoms with E-state index in [1.807, 2.05) is 6.92 Å². The fraction of sp³-hybridized carbons (Fsp3) is 0.636. The Kier molecular flexibility index (Phi) is 7.04. The van der Waals surface area contributed by atoms with Gasteiger partial charge in [-0.2, -0.15) is 0 Å². The van der Waals surface area contributed by atoms with E-state index < -0.39 is 23.6 Å². The van der Waals surface area contributed by atoms with E-state index in [-0.39, 0.29) is 12.0 Å². The second kappa shape index (κ2) is 8.87. The number of carbonyl (C=O) groups excluding carboxylic acids is 2. The fourth-order valence-electron chi connectivity index (χ4n) is 3.83. The zero-order chi connectivity index (χ0) is 20.2. The minimum atomic E-state index is -1.20. The lowest BCUT2D eigenvalue weighted by Crippen LogP contribution is -2.44. The highest BCUT2D eigenvalue weighted by Crippen LogP contribution is 2.37. The largest absolute Gasteiger partial charge is 0.459 e. The van der Waals surface area contributed by atoms with Gasteiger partial charge in [-0.3, -0.25) is 4.79 Å². The number of rotatable bonds is 1. The van der Waals surface area contributed by atoms with Gasteiger partial charge in [-0.15, -0.1) is 0 Å². The van der Waals surface area contributed by atoms with Gasteiger partial charge in [-0.05, 0) is 52.9 Å². The summed E-state index contributed by atoms with van der Waals surface area (Å²) < 4.78 is 11.0. The molecule has 0 unspecified atom stereocenters. The molecule has 0 amide bonds. The first-order chi connectivity index (χ1) is 12.6. The third kappa shape index (κ3) is 5.80. The van der Waals surface area contributed by atoms with Crippen LogP contribution in [-0.2, 0) is 19.1 Å². The van der Waals surface area contributed by atoms with Gasteiger partial charge in [-0.25, -0.2) is 4.79 Å². The summed E-state index contributed by atoms with van der Waals surface area (Å²) in [6.07, 6.45) is 7.25. The molecule has 0 radical (unpaired) electrons. The Hall–Kier alpha value is -1.88. The summed E-state index contributed by atoms with van der Waals surface area (Å²) in [5.74, 6) is -1.13. The Morgan fingerprint density at radius 3 is 2.63 bits per heavy atom. The van der Waals surface area contributed by atoms with Crippen LogP contribution in [0.3, 0.4) is 0 Å². The summed E-state index contributed by atoms with van der Waals surface area (Å²) in [5.41, 5.74) is 1.62. The van der Waals surface area contributed by atoms with Crippen LogP contribution in [0.15, 0.2) is 35.5 Å². The number of hydrogen-bond acceptors (Lipinski definition) is 5. The number of carbonyl (C=O) groups is 2. The van der Waals surface area contributed by atoms with Crippen LogP contribution in [0.5, 0.6) is 0 Å². The van der Waals surface area contributed by atoms with Gasteiger partial charge in [0.1, 0.15) is 12.2 Å². The molecule has 5 heteroatoms. The van der Waals surface area contributed by atoms with Crippen LogP contribution in [0, 0.1) is 5.92 Å². The molecule has 1 fully saturated rings. The van der Waals surface area contributed by atoms with Crippen molar-refractivity contribution in [1.29, 1.82) is 0 Å². The van der Waals surface area contributed by atoms with E-state index in [0.717, 1.165) is 18.4 Å². The molecule has 0 aromatic heterocycles. The van der Waals surface area contributed by atoms with E-state index in [1.165, 1.54) is 12.5 Å². The molecule has 0 spiro atoms. The van der Waals surface area contributed by atoms with Crippen molar-refractivity contribution in [3.63, 3.8) is 0 Å². The zero-order valence-electron chi connectivity index (χ0n) is 16.9. The van der Waals surface area contributed by atoms with Crippen molar-refractivity contribution >= 4 is 11.9 Å². The summed E-state index contributed by atoms with van der Waals surface area (Å²) in [7, 11) is 0. The van der Waals surface area contributed by atoms with Crippen molar-refractivity contribution in [3.05, 3.63) is 35.5 Å². The molecule has 4 atom stereocenters. The van der Waals surface area contributed by atoms with Gasteiger partial charge in [-0.1, -0.05) is 29.9 Å². The van der Waals surface area contributed by atoms with Gasteiger partial charge in [0.25, 0.3) is 0 Å². The maximum absolute atomic E-state index is 12.1. The third-order valence-corrected chi connectivity index (χ3v) is 5.58. The standard InChI is InChI=1S/C22H32O5/c1-14-8-6-9-15(2)12-19-18(16(3)21(24)27-19)13-20(26-17(4)23)22(5,25)11-7-10-14/h9-10,18-20,25H,3,6-8,11-13H2,1-2,4-5H3/b14-10+,15-9+/t18-,19+,20+,22-/m1/s1. The Labute approximate surface area is 162 Å². The molecule has 1 heterocycles. The normalized spacial score (nSPS) is 37.1. The molecule has 0 saturated carbocycles. The second-order valence-electron chi connectivity index (χ2n) is 8.15. The lowest BCUT2D eigenvalue weighted by Gasteiger charge is -2.34. The highest BCUT2D eigenvalue weighted by molar-refractivity contribution is 5.90. The number of fused-ring (bicyclic) bond motifs is 1. The van der Waals surface area contributed by atoms with E-state index in [2.05, 4.69) is 25.7 Å². The molecule has 150 valence electrons. The Balaban J connectivity index is 2.34. The highest BCUT2D eigenvalue weighted by atomic mass is 16.6. The smallest absolute Gasteiger partial charge is 0.334 e. The molecule has 1 saturated heterocycles. The first-order valence-corrected chi connectivity index (χ1v) is 9.70. The van der Waals surface area contributed by atoms with E-state index in [9.17, 15) is 14.7 Å². The van der Waals surface area contributed by atoms with Crippen LogP contribution in [0.1, 0.15) is 66.2 Å². The maximum atomic E-state index is 12.1. The highest BCUT2D eigenvalue weighted by Gasteiger charge is 2.44. The van der Waals surface area contributed by atoms with Crippen molar-refractivity contribution in [2.75, 3.05) is 0 Å².